The van der Waals surface area contributed by atoms with Crippen molar-refractivity contribution in [3.8, 4) is 0 Å². The Morgan fingerprint density at radius 2 is 1.39 bits per heavy atom. The van der Waals surface area contributed by atoms with Gasteiger partial charge in [0.15, 0.2) is 0 Å². The molecule has 0 aliphatic carbocycles. The third kappa shape index (κ3) is 4.30. The molecule has 0 spiro atoms. The van der Waals surface area contributed by atoms with E-state index in [1.807, 2.05) is 78.9 Å². The lowest BCUT2D eigenvalue weighted by Gasteiger charge is -2.21. The molecule has 0 radical (unpaired) electrons. The van der Waals surface area contributed by atoms with Crippen LogP contribution < -0.4 is 10.8 Å². The molecule has 1 heterocycles. The van der Waals surface area contributed by atoms with Gasteiger partial charge in [0, 0.05) is 6.54 Å². The number of benzene rings is 3. The number of hydroxylamine groups is 1. The van der Waals surface area contributed by atoms with Crippen LogP contribution in [-0.2, 0) is 22.6 Å². The topological polar surface area (TPSA) is 50.4 Å². The Bertz CT molecular complexity index is 884. The van der Waals surface area contributed by atoms with Crippen LogP contribution in [0.1, 0.15) is 22.8 Å². The van der Waals surface area contributed by atoms with Gasteiger partial charge in [0.25, 0.3) is 0 Å². The molecule has 4 heteroatoms. The second kappa shape index (κ2) is 8.83. The number of rotatable bonds is 6. The van der Waals surface area contributed by atoms with Crippen molar-refractivity contribution in [3.63, 3.8) is 0 Å². The van der Waals surface area contributed by atoms with Crippen molar-refractivity contribution in [1.82, 2.24) is 10.8 Å². The standard InChI is InChI=1S/C24H24N2O2/c27-24(25-17-19-12-6-2-7-13-19)22-21(16-18-10-4-1-5-11-18)26-28-23(22)20-14-8-3-9-15-20/h1-15,21-23,26H,16-17H2,(H,25,27). The van der Waals surface area contributed by atoms with Crippen LogP contribution in [0.3, 0.4) is 0 Å². The fourth-order valence-corrected chi connectivity index (χ4v) is 3.70. The summed E-state index contributed by atoms with van der Waals surface area (Å²) in [5, 5.41) is 3.10. The molecular weight excluding hydrogens is 348 g/mol. The molecule has 4 rings (SSSR count). The summed E-state index contributed by atoms with van der Waals surface area (Å²) in [4.78, 5) is 19.1. The third-order valence-electron chi connectivity index (χ3n) is 5.14. The number of hydrogen-bond donors (Lipinski definition) is 2. The van der Waals surface area contributed by atoms with E-state index in [-0.39, 0.29) is 24.0 Å². The zero-order chi connectivity index (χ0) is 19.2. The summed E-state index contributed by atoms with van der Waals surface area (Å²) in [6.45, 7) is 0.510. The molecule has 3 aromatic carbocycles. The predicted molar refractivity (Wildman–Crippen MR) is 109 cm³/mol. The Morgan fingerprint density at radius 3 is 2.04 bits per heavy atom. The first-order valence-corrected chi connectivity index (χ1v) is 9.63. The van der Waals surface area contributed by atoms with E-state index in [0.717, 1.165) is 17.5 Å². The largest absolute Gasteiger partial charge is 0.352 e. The van der Waals surface area contributed by atoms with Gasteiger partial charge in [-0.25, -0.2) is 0 Å². The zero-order valence-corrected chi connectivity index (χ0v) is 15.6. The average molecular weight is 372 g/mol. The predicted octanol–water partition coefficient (Wildman–Crippen LogP) is 3.81. The molecule has 3 aromatic rings. The fourth-order valence-electron chi connectivity index (χ4n) is 3.70. The van der Waals surface area contributed by atoms with E-state index < -0.39 is 0 Å². The van der Waals surface area contributed by atoms with E-state index in [1.165, 1.54) is 5.56 Å². The Kier molecular flexibility index (Phi) is 5.80. The van der Waals surface area contributed by atoms with Crippen LogP contribution in [-0.4, -0.2) is 11.9 Å². The van der Waals surface area contributed by atoms with Gasteiger partial charge in [0.05, 0.1) is 12.0 Å². The number of hydrogen-bond acceptors (Lipinski definition) is 3. The maximum atomic E-state index is 13.2. The van der Waals surface area contributed by atoms with Gasteiger partial charge in [-0.2, -0.15) is 5.48 Å². The van der Waals surface area contributed by atoms with Crippen LogP contribution in [0.15, 0.2) is 91.0 Å². The molecule has 0 bridgehead atoms. The van der Waals surface area contributed by atoms with Gasteiger partial charge in [-0.3, -0.25) is 9.63 Å². The summed E-state index contributed by atoms with van der Waals surface area (Å²) < 4.78 is 0. The van der Waals surface area contributed by atoms with Crippen molar-refractivity contribution in [2.24, 2.45) is 5.92 Å². The van der Waals surface area contributed by atoms with Crippen molar-refractivity contribution in [2.75, 3.05) is 0 Å². The lowest BCUT2D eigenvalue weighted by Crippen LogP contribution is -2.40. The number of carbonyl (C=O) groups excluding carboxylic acids is 1. The van der Waals surface area contributed by atoms with Gasteiger partial charge >= 0.3 is 0 Å². The highest BCUT2D eigenvalue weighted by molar-refractivity contribution is 5.80. The van der Waals surface area contributed by atoms with Crippen molar-refractivity contribution in [3.05, 3.63) is 108 Å². The van der Waals surface area contributed by atoms with Crippen molar-refractivity contribution >= 4 is 5.91 Å². The van der Waals surface area contributed by atoms with Crippen LogP contribution >= 0.6 is 0 Å². The normalized spacial score (nSPS) is 21.4. The summed E-state index contributed by atoms with van der Waals surface area (Å²) >= 11 is 0. The highest BCUT2D eigenvalue weighted by Crippen LogP contribution is 2.34. The molecule has 3 atom stereocenters. The molecule has 1 saturated heterocycles. The van der Waals surface area contributed by atoms with Crippen LogP contribution in [0.2, 0.25) is 0 Å². The average Bonchev–Trinajstić information content (AvgIpc) is 3.18. The minimum atomic E-state index is -0.314. The van der Waals surface area contributed by atoms with Crippen LogP contribution in [0, 0.1) is 5.92 Å². The molecule has 0 saturated carbocycles. The Labute approximate surface area is 165 Å². The first-order valence-electron chi connectivity index (χ1n) is 9.63. The molecule has 28 heavy (non-hydrogen) atoms. The first-order chi connectivity index (χ1) is 13.8. The quantitative estimate of drug-likeness (QED) is 0.692. The minimum absolute atomic E-state index is 0.00337. The van der Waals surface area contributed by atoms with Gasteiger partial charge in [-0.1, -0.05) is 91.0 Å². The molecule has 0 aromatic heterocycles. The summed E-state index contributed by atoms with van der Waals surface area (Å²) in [6.07, 6.45) is 0.416. The molecule has 4 nitrogen and oxygen atoms in total. The monoisotopic (exact) mass is 372 g/mol. The van der Waals surface area contributed by atoms with E-state index in [1.54, 1.807) is 0 Å². The molecule has 3 unspecified atom stereocenters. The number of nitrogens with one attached hydrogen (secondary N) is 2. The molecule has 142 valence electrons. The zero-order valence-electron chi connectivity index (χ0n) is 15.6. The number of carbonyl (C=O) groups is 1. The second-order valence-electron chi connectivity index (χ2n) is 7.09. The lowest BCUT2D eigenvalue weighted by molar-refractivity contribution is -0.127. The molecule has 1 fully saturated rings. The van der Waals surface area contributed by atoms with Gasteiger partial charge in [-0.05, 0) is 23.1 Å². The lowest BCUT2D eigenvalue weighted by atomic mass is 9.86. The SMILES string of the molecule is O=C(NCc1ccccc1)C1C(Cc2ccccc2)NOC1c1ccccc1. The second-order valence-corrected chi connectivity index (χ2v) is 7.09. The van der Waals surface area contributed by atoms with Gasteiger partial charge in [0.2, 0.25) is 5.91 Å². The Balaban J connectivity index is 1.53. The van der Waals surface area contributed by atoms with Crippen LogP contribution in [0.4, 0.5) is 0 Å². The van der Waals surface area contributed by atoms with Crippen LogP contribution in [0.5, 0.6) is 0 Å². The van der Waals surface area contributed by atoms with Crippen molar-refractivity contribution < 1.29 is 9.63 Å². The van der Waals surface area contributed by atoms with E-state index >= 15 is 0 Å². The number of amides is 1. The smallest absolute Gasteiger partial charge is 0.228 e. The van der Waals surface area contributed by atoms with Crippen molar-refractivity contribution in [1.29, 1.82) is 0 Å². The summed E-state index contributed by atoms with van der Waals surface area (Å²) in [7, 11) is 0. The van der Waals surface area contributed by atoms with E-state index in [9.17, 15) is 4.79 Å². The maximum absolute atomic E-state index is 13.2. The summed E-state index contributed by atoms with van der Waals surface area (Å²) in [5.74, 6) is -0.310. The first kappa shape index (κ1) is 18.4. The molecular formula is C24H24N2O2. The highest BCUT2D eigenvalue weighted by atomic mass is 16.7. The van der Waals surface area contributed by atoms with Crippen LogP contribution in [0.25, 0.3) is 0 Å². The van der Waals surface area contributed by atoms with E-state index in [0.29, 0.717) is 6.54 Å². The third-order valence-corrected chi connectivity index (χ3v) is 5.14. The Hall–Kier alpha value is -2.95. The highest BCUT2D eigenvalue weighted by Gasteiger charge is 2.43. The maximum Gasteiger partial charge on any atom is 0.228 e. The molecule has 1 amide bonds. The van der Waals surface area contributed by atoms with E-state index in [4.69, 9.17) is 4.84 Å². The van der Waals surface area contributed by atoms with E-state index in [2.05, 4.69) is 22.9 Å². The Morgan fingerprint density at radius 1 is 0.821 bits per heavy atom. The summed E-state index contributed by atoms with van der Waals surface area (Å²) in [5.41, 5.74) is 6.39. The molecule has 1 aliphatic rings. The molecule has 1 aliphatic heterocycles. The molecule has 2 N–H and O–H groups in total. The van der Waals surface area contributed by atoms with Crippen molar-refractivity contribution in [2.45, 2.75) is 25.1 Å². The van der Waals surface area contributed by atoms with Gasteiger partial charge in [-0.15, -0.1) is 0 Å². The van der Waals surface area contributed by atoms with Gasteiger partial charge in [0.1, 0.15) is 6.10 Å². The minimum Gasteiger partial charge on any atom is -0.352 e. The van der Waals surface area contributed by atoms with Gasteiger partial charge < -0.3 is 5.32 Å². The fraction of sp³-hybridized carbons (Fsp3) is 0.208. The summed E-state index contributed by atoms with van der Waals surface area (Å²) in [6, 6.07) is 30.0.